The van der Waals surface area contributed by atoms with Crippen LogP contribution < -0.4 is 0 Å². The number of hydrogen-bond donors (Lipinski definition) is 0. The third-order valence-electron chi connectivity index (χ3n) is 4.37. The van der Waals surface area contributed by atoms with E-state index in [2.05, 4.69) is 10.1 Å². The molecular formula is C15H20N4O2S. The van der Waals surface area contributed by atoms with Crippen molar-refractivity contribution >= 4 is 10.0 Å². The number of aromatic nitrogens is 3. The molecule has 1 aliphatic rings. The highest BCUT2D eigenvalue weighted by Gasteiger charge is 2.36. The Morgan fingerprint density at radius 1 is 1.23 bits per heavy atom. The summed E-state index contributed by atoms with van der Waals surface area (Å²) in [4.78, 5) is 4.37. The number of pyridine rings is 1. The maximum Gasteiger partial charge on any atom is 0.246 e. The van der Waals surface area contributed by atoms with Gasteiger partial charge in [-0.25, -0.2) is 8.42 Å². The van der Waals surface area contributed by atoms with E-state index >= 15 is 0 Å². The van der Waals surface area contributed by atoms with E-state index in [-0.39, 0.29) is 5.92 Å². The first-order valence-corrected chi connectivity index (χ1v) is 8.75. The first-order valence-electron chi connectivity index (χ1n) is 7.31. The highest BCUT2D eigenvalue weighted by atomic mass is 32.2. The topological polar surface area (TPSA) is 68.1 Å². The molecular weight excluding hydrogens is 300 g/mol. The molecule has 3 rings (SSSR count). The van der Waals surface area contributed by atoms with Gasteiger partial charge in [0.15, 0.2) is 0 Å². The molecule has 0 aliphatic carbocycles. The standard InChI is InChI=1S/C15H20N4O2S/c1-11-15(12(2)18(3)17-11)22(20,21)19-9-6-14(10-19)13-4-7-16-8-5-13/h4-5,7-8,14H,6,9-10H2,1-3H3. The fourth-order valence-electron chi connectivity index (χ4n) is 3.11. The zero-order chi connectivity index (χ0) is 15.9. The van der Waals surface area contributed by atoms with Crippen molar-refractivity contribution < 1.29 is 8.42 Å². The van der Waals surface area contributed by atoms with E-state index in [4.69, 9.17) is 0 Å². The van der Waals surface area contributed by atoms with Crippen LogP contribution in [-0.4, -0.2) is 40.6 Å². The predicted octanol–water partition coefficient (Wildman–Crippen LogP) is 1.61. The Labute approximate surface area is 130 Å². The fraction of sp³-hybridized carbons (Fsp3) is 0.467. The second kappa shape index (κ2) is 5.48. The van der Waals surface area contributed by atoms with Crippen LogP contribution >= 0.6 is 0 Å². The molecule has 1 saturated heterocycles. The summed E-state index contributed by atoms with van der Waals surface area (Å²) in [5, 5.41) is 4.23. The monoisotopic (exact) mass is 320 g/mol. The van der Waals surface area contributed by atoms with Crippen LogP contribution in [0.3, 0.4) is 0 Å². The summed E-state index contributed by atoms with van der Waals surface area (Å²) in [5.74, 6) is 0.232. The van der Waals surface area contributed by atoms with Gasteiger partial charge >= 0.3 is 0 Å². The zero-order valence-electron chi connectivity index (χ0n) is 13.0. The molecule has 0 saturated carbocycles. The van der Waals surface area contributed by atoms with Gasteiger partial charge in [-0.05, 0) is 43.9 Å². The smallest absolute Gasteiger partial charge is 0.246 e. The predicted molar refractivity (Wildman–Crippen MR) is 83.0 cm³/mol. The third-order valence-corrected chi connectivity index (χ3v) is 6.49. The lowest BCUT2D eigenvalue weighted by molar-refractivity contribution is 0.471. The van der Waals surface area contributed by atoms with Crippen LogP contribution in [0.15, 0.2) is 29.4 Å². The molecule has 2 aromatic heterocycles. The van der Waals surface area contributed by atoms with Crippen molar-refractivity contribution in [1.82, 2.24) is 19.1 Å². The molecule has 1 atom stereocenters. The molecule has 0 bridgehead atoms. The van der Waals surface area contributed by atoms with E-state index < -0.39 is 10.0 Å². The number of hydrogen-bond acceptors (Lipinski definition) is 4. The van der Waals surface area contributed by atoms with Gasteiger partial charge in [-0.3, -0.25) is 9.67 Å². The Hall–Kier alpha value is -1.73. The Kier molecular flexibility index (Phi) is 3.78. The minimum absolute atomic E-state index is 0.232. The van der Waals surface area contributed by atoms with Crippen molar-refractivity contribution in [2.45, 2.75) is 31.1 Å². The van der Waals surface area contributed by atoms with Gasteiger partial charge in [0.05, 0.1) is 11.4 Å². The van der Waals surface area contributed by atoms with Gasteiger partial charge in [-0.15, -0.1) is 0 Å². The lowest BCUT2D eigenvalue weighted by Crippen LogP contribution is -2.29. The van der Waals surface area contributed by atoms with Gasteiger partial charge in [0, 0.05) is 32.5 Å². The maximum atomic E-state index is 12.9. The Bertz CT molecular complexity index is 783. The summed E-state index contributed by atoms with van der Waals surface area (Å²) in [7, 11) is -1.72. The Morgan fingerprint density at radius 2 is 1.91 bits per heavy atom. The average Bonchev–Trinajstić information content (AvgIpc) is 3.06. The summed E-state index contributed by atoms with van der Waals surface area (Å²) < 4.78 is 29.1. The van der Waals surface area contributed by atoms with Crippen molar-refractivity contribution in [2.75, 3.05) is 13.1 Å². The summed E-state index contributed by atoms with van der Waals surface area (Å²) in [5.41, 5.74) is 2.39. The number of nitrogens with zero attached hydrogens (tertiary/aromatic N) is 4. The zero-order valence-corrected chi connectivity index (χ0v) is 13.8. The van der Waals surface area contributed by atoms with Crippen LogP contribution in [0.1, 0.15) is 29.3 Å². The molecule has 0 radical (unpaired) electrons. The van der Waals surface area contributed by atoms with Gasteiger partial charge in [0.2, 0.25) is 10.0 Å². The van der Waals surface area contributed by atoms with Crippen molar-refractivity contribution in [1.29, 1.82) is 0 Å². The van der Waals surface area contributed by atoms with Crippen LogP contribution in [0, 0.1) is 13.8 Å². The molecule has 0 spiro atoms. The minimum atomic E-state index is -3.49. The quantitative estimate of drug-likeness (QED) is 0.861. The molecule has 118 valence electrons. The first-order chi connectivity index (χ1) is 10.4. The lowest BCUT2D eigenvalue weighted by atomic mass is 10.0. The molecule has 1 aliphatic heterocycles. The number of aryl methyl sites for hydroxylation is 2. The summed E-state index contributed by atoms with van der Waals surface area (Å²) in [6, 6.07) is 3.92. The average molecular weight is 320 g/mol. The Morgan fingerprint density at radius 3 is 2.50 bits per heavy atom. The van der Waals surface area contributed by atoms with Crippen LogP contribution in [0.5, 0.6) is 0 Å². The third kappa shape index (κ3) is 2.44. The molecule has 0 N–H and O–H groups in total. The number of rotatable bonds is 3. The minimum Gasteiger partial charge on any atom is -0.271 e. The second-order valence-electron chi connectivity index (χ2n) is 5.75. The fourth-order valence-corrected chi connectivity index (χ4v) is 5.01. The van der Waals surface area contributed by atoms with Gasteiger partial charge in [0.1, 0.15) is 4.90 Å². The first kappa shape index (κ1) is 15.2. The van der Waals surface area contributed by atoms with Crippen molar-refractivity contribution in [3.8, 4) is 0 Å². The van der Waals surface area contributed by atoms with E-state index in [1.807, 2.05) is 12.1 Å². The SMILES string of the molecule is Cc1nn(C)c(C)c1S(=O)(=O)N1CCC(c2ccncc2)C1. The molecule has 2 aromatic rings. The lowest BCUT2D eigenvalue weighted by Gasteiger charge is -2.17. The molecule has 0 amide bonds. The maximum absolute atomic E-state index is 12.9. The van der Waals surface area contributed by atoms with Gasteiger partial charge in [0.25, 0.3) is 0 Å². The van der Waals surface area contributed by atoms with E-state index in [1.165, 1.54) is 0 Å². The van der Waals surface area contributed by atoms with Crippen LogP contribution in [0.25, 0.3) is 0 Å². The Balaban J connectivity index is 1.89. The normalized spacial score (nSPS) is 19.7. The summed E-state index contributed by atoms with van der Waals surface area (Å²) in [6.07, 6.45) is 4.34. The summed E-state index contributed by atoms with van der Waals surface area (Å²) >= 11 is 0. The second-order valence-corrected chi connectivity index (χ2v) is 7.63. The molecule has 0 aromatic carbocycles. The molecule has 6 nitrogen and oxygen atoms in total. The van der Waals surface area contributed by atoms with E-state index in [0.29, 0.717) is 29.4 Å². The van der Waals surface area contributed by atoms with Gasteiger partial charge in [-0.1, -0.05) is 0 Å². The van der Waals surface area contributed by atoms with Crippen molar-refractivity contribution in [3.63, 3.8) is 0 Å². The van der Waals surface area contributed by atoms with Crippen LogP contribution in [-0.2, 0) is 17.1 Å². The van der Waals surface area contributed by atoms with E-state index in [9.17, 15) is 8.42 Å². The number of sulfonamides is 1. The van der Waals surface area contributed by atoms with Crippen LogP contribution in [0.4, 0.5) is 0 Å². The molecule has 22 heavy (non-hydrogen) atoms. The molecule has 1 unspecified atom stereocenters. The molecule has 7 heteroatoms. The van der Waals surface area contributed by atoms with E-state index in [1.54, 1.807) is 42.3 Å². The van der Waals surface area contributed by atoms with E-state index in [0.717, 1.165) is 12.0 Å². The largest absolute Gasteiger partial charge is 0.271 e. The van der Waals surface area contributed by atoms with Crippen LogP contribution in [0.2, 0.25) is 0 Å². The van der Waals surface area contributed by atoms with Crippen molar-refractivity contribution in [2.24, 2.45) is 7.05 Å². The highest BCUT2D eigenvalue weighted by Crippen LogP contribution is 2.32. The summed E-state index contributed by atoms with van der Waals surface area (Å²) in [6.45, 7) is 4.60. The molecule has 3 heterocycles. The molecule has 1 fully saturated rings. The highest BCUT2D eigenvalue weighted by molar-refractivity contribution is 7.89. The van der Waals surface area contributed by atoms with Crippen molar-refractivity contribution in [3.05, 3.63) is 41.5 Å². The van der Waals surface area contributed by atoms with Gasteiger partial charge in [-0.2, -0.15) is 9.40 Å². The van der Waals surface area contributed by atoms with Gasteiger partial charge < -0.3 is 0 Å².